The summed E-state index contributed by atoms with van der Waals surface area (Å²) in [5, 5.41) is 5.53. The van der Waals surface area contributed by atoms with E-state index in [0.717, 1.165) is 22.6 Å². The third-order valence-electron chi connectivity index (χ3n) is 4.15. The second-order valence-electron chi connectivity index (χ2n) is 6.14. The van der Waals surface area contributed by atoms with E-state index in [1.165, 1.54) is 27.4 Å². The molecule has 0 atom stereocenters. The normalized spacial score (nSPS) is 10.7. The van der Waals surface area contributed by atoms with Crippen molar-refractivity contribution in [2.45, 2.75) is 32.1 Å². The molecule has 0 saturated carbocycles. The number of benzene rings is 2. The Balaban J connectivity index is 1.63. The molecule has 2 aromatic carbocycles. The predicted molar refractivity (Wildman–Crippen MR) is 112 cm³/mol. The molecule has 1 heterocycles. The number of aromatic nitrogens is 1. The summed E-state index contributed by atoms with van der Waals surface area (Å²) in [6.07, 6.45) is 0.357. The Morgan fingerprint density at radius 1 is 1.12 bits per heavy atom. The molecule has 1 N–H and O–H groups in total. The third-order valence-corrected chi connectivity index (χ3v) is 5.80. The van der Waals surface area contributed by atoms with Gasteiger partial charge in [-0.15, -0.1) is 23.1 Å². The van der Waals surface area contributed by atoms with Gasteiger partial charge in [-0.05, 0) is 54.5 Å². The Morgan fingerprint density at radius 3 is 2.58 bits per heavy atom. The molecule has 3 nitrogen and oxygen atoms in total. The molecule has 3 aromatic rings. The van der Waals surface area contributed by atoms with Crippen LogP contribution in [-0.2, 0) is 11.2 Å². The molecule has 0 aliphatic carbocycles. The molecular formula is C21H22N2OS2. The maximum Gasteiger partial charge on any atom is 0.230 e. The molecule has 134 valence electrons. The number of amides is 1. The van der Waals surface area contributed by atoms with E-state index in [1.807, 2.05) is 17.5 Å². The van der Waals surface area contributed by atoms with Gasteiger partial charge < -0.3 is 5.32 Å². The second kappa shape index (κ2) is 8.52. The van der Waals surface area contributed by atoms with Gasteiger partial charge >= 0.3 is 0 Å². The molecular weight excluding hydrogens is 360 g/mol. The number of carbonyl (C=O) groups is 1. The third kappa shape index (κ3) is 4.74. The van der Waals surface area contributed by atoms with Gasteiger partial charge in [-0.2, -0.15) is 0 Å². The summed E-state index contributed by atoms with van der Waals surface area (Å²) in [5.41, 5.74) is 5.49. The minimum atomic E-state index is -0.0399. The van der Waals surface area contributed by atoms with Crippen LogP contribution < -0.4 is 5.32 Å². The number of thioether (sulfide) groups is 1. The molecule has 0 spiro atoms. The zero-order valence-electron chi connectivity index (χ0n) is 15.2. The molecule has 0 saturated heterocycles. The van der Waals surface area contributed by atoms with Crippen LogP contribution in [-0.4, -0.2) is 16.6 Å². The molecule has 5 heteroatoms. The Labute approximate surface area is 162 Å². The van der Waals surface area contributed by atoms with E-state index in [1.54, 1.807) is 11.8 Å². The summed E-state index contributed by atoms with van der Waals surface area (Å²) in [6.45, 7) is 6.32. The molecule has 1 amide bonds. The molecule has 0 bridgehead atoms. The van der Waals surface area contributed by atoms with Crippen LogP contribution in [0.1, 0.15) is 23.6 Å². The summed E-state index contributed by atoms with van der Waals surface area (Å²) in [6, 6.07) is 14.5. The molecule has 0 aliphatic heterocycles. The Kier molecular flexibility index (Phi) is 6.12. The minimum absolute atomic E-state index is 0.0399. The second-order valence-corrected chi connectivity index (χ2v) is 8.33. The fourth-order valence-corrected chi connectivity index (χ4v) is 3.98. The number of nitrogens with zero attached hydrogens (tertiary/aromatic N) is 1. The first kappa shape index (κ1) is 18.7. The van der Waals surface area contributed by atoms with E-state index in [-0.39, 0.29) is 5.91 Å². The van der Waals surface area contributed by atoms with Crippen LogP contribution in [0, 0.1) is 13.8 Å². The van der Waals surface area contributed by atoms with Crippen LogP contribution in [0.25, 0.3) is 11.3 Å². The van der Waals surface area contributed by atoms with Crippen molar-refractivity contribution in [3.63, 3.8) is 0 Å². The van der Waals surface area contributed by atoms with E-state index in [4.69, 9.17) is 0 Å². The molecule has 0 fully saturated rings. The number of rotatable bonds is 6. The van der Waals surface area contributed by atoms with Crippen LogP contribution >= 0.6 is 23.1 Å². The van der Waals surface area contributed by atoms with Crippen LogP contribution in [0.15, 0.2) is 52.7 Å². The predicted octanol–water partition coefficient (Wildman–Crippen LogP) is 5.72. The number of aryl methyl sites for hydroxylation is 2. The number of thiazole rings is 1. The van der Waals surface area contributed by atoms with E-state index >= 15 is 0 Å². The lowest BCUT2D eigenvalue weighted by atomic mass is 10.1. The van der Waals surface area contributed by atoms with Crippen LogP contribution in [0.5, 0.6) is 0 Å². The summed E-state index contributed by atoms with van der Waals surface area (Å²) in [4.78, 5) is 18.1. The summed E-state index contributed by atoms with van der Waals surface area (Å²) < 4.78 is 0. The standard InChI is InChI=1S/C21H22N2OS2/c1-4-25-18-9-6-16(7-10-18)12-20(24)23-21-22-19(13-26-21)17-8-5-14(2)15(3)11-17/h5-11,13H,4,12H2,1-3H3,(H,22,23,24). The van der Waals surface area contributed by atoms with Crippen molar-refractivity contribution in [3.8, 4) is 11.3 Å². The van der Waals surface area contributed by atoms with Gasteiger partial charge in [0.2, 0.25) is 5.91 Å². The maximum absolute atomic E-state index is 12.3. The highest BCUT2D eigenvalue weighted by Crippen LogP contribution is 2.26. The lowest BCUT2D eigenvalue weighted by molar-refractivity contribution is -0.115. The number of anilines is 1. The highest BCUT2D eigenvalue weighted by atomic mass is 32.2. The van der Waals surface area contributed by atoms with Crippen molar-refractivity contribution in [2.24, 2.45) is 0 Å². The van der Waals surface area contributed by atoms with Crippen molar-refractivity contribution in [2.75, 3.05) is 11.1 Å². The molecule has 1 aromatic heterocycles. The number of hydrogen-bond donors (Lipinski definition) is 1. The molecule has 3 rings (SSSR count). The van der Waals surface area contributed by atoms with E-state index in [2.05, 4.69) is 61.4 Å². The smallest absolute Gasteiger partial charge is 0.230 e. The van der Waals surface area contributed by atoms with Gasteiger partial charge in [0.05, 0.1) is 12.1 Å². The van der Waals surface area contributed by atoms with Crippen molar-refractivity contribution < 1.29 is 4.79 Å². The largest absolute Gasteiger partial charge is 0.302 e. The van der Waals surface area contributed by atoms with Gasteiger partial charge in [0.1, 0.15) is 0 Å². The highest BCUT2D eigenvalue weighted by molar-refractivity contribution is 7.99. The average molecular weight is 383 g/mol. The lowest BCUT2D eigenvalue weighted by Crippen LogP contribution is -2.14. The quantitative estimate of drug-likeness (QED) is 0.554. The lowest BCUT2D eigenvalue weighted by Gasteiger charge is -2.04. The summed E-state index contributed by atoms with van der Waals surface area (Å²) in [7, 11) is 0. The van der Waals surface area contributed by atoms with Gasteiger partial charge in [0.25, 0.3) is 0 Å². The van der Waals surface area contributed by atoms with Crippen LogP contribution in [0.3, 0.4) is 0 Å². The fraction of sp³-hybridized carbons (Fsp3) is 0.238. The van der Waals surface area contributed by atoms with Gasteiger partial charge in [0, 0.05) is 15.8 Å². The summed E-state index contributed by atoms with van der Waals surface area (Å²) >= 11 is 3.26. The molecule has 0 aliphatic rings. The Bertz CT molecular complexity index is 901. The van der Waals surface area contributed by atoms with Gasteiger partial charge in [-0.25, -0.2) is 4.98 Å². The van der Waals surface area contributed by atoms with E-state index in [0.29, 0.717) is 11.6 Å². The van der Waals surface area contributed by atoms with E-state index < -0.39 is 0 Å². The molecule has 0 unspecified atom stereocenters. The first-order valence-electron chi connectivity index (χ1n) is 8.60. The van der Waals surface area contributed by atoms with E-state index in [9.17, 15) is 4.79 Å². The van der Waals surface area contributed by atoms with Crippen molar-refractivity contribution in [1.29, 1.82) is 0 Å². The molecule has 0 radical (unpaired) electrons. The number of hydrogen-bond acceptors (Lipinski definition) is 4. The number of carbonyl (C=O) groups excluding carboxylic acids is 1. The van der Waals surface area contributed by atoms with Crippen molar-refractivity contribution in [1.82, 2.24) is 4.98 Å². The van der Waals surface area contributed by atoms with Crippen LogP contribution in [0.4, 0.5) is 5.13 Å². The highest BCUT2D eigenvalue weighted by Gasteiger charge is 2.09. The zero-order chi connectivity index (χ0) is 18.5. The SMILES string of the molecule is CCSc1ccc(CC(=O)Nc2nc(-c3ccc(C)c(C)c3)cs2)cc1. The fourth-order valence-electron chi connectivity index (χ4n) is 2.58. The zero-order valence-corrected chi connectivity index (χ0v) is 16.8. The van der Waals surface area contributed by atoms with Gasteiger partial charge in [-0.1, -0.05) is 31.2 Å². The summed E-state index contributed by atoms with van der Waals surface area (Å²) in [5.74, 6) is 1.01. The van der Waals surface area contributed by atoms with Gasteiger partial charge in [0.15, 0.2) is 5.13 Å². The number of nitrogens with one attached hydrogen (secondary N) is 1. The first-order valence-corrected chi connectivity index (χ1v) is 10.5. The minimum Gasteiger partial charge on any atom is -0.302 e. The Morgan fingerprint density at radius 2 is 1.88 bits per heavy atom. The monoisotopic (exact) mass is 382 g/mol. The first-order chi connectivity index (χ1) is 12.5. The Hall–Kier alpha value is -2.11. The van der Waals surface area contributed by atoms with Crippen LogP contribution in [0.2, 0.25) is 0 Å². The topological polar surface area (TPSA) is 42.0 Å². The molecule has 26 heavy (non-hydrogen) atoms. The van der Waals surface area contributed by atoms with Crippen molar-refractivity contribution in [3.05, 3.63) is 64.5 Å². The van der Waals surface area contributed by atoms with Crippen molar-refractivity contribution >= 4 is 34.1 Å². The maximum atomic E-state index is 12.3. The average Bonchev–Trinajstić information content (AvgIpc) is 3.07. The van der Waals surface area contributed by atoms with Gasteiger partial charge in [-0.3, -0.25) is 4.79 Å².